The van der Waals surface area contributed by atoms with Crippen molar-refractivity contribution in [1.82, 2.24) is 14.5 Å². The van der Waals surface area contributed by atoms with Gasteiger partial charge < -0.3 is 24.0 Å². The van der Waals surface area contributed by atoms with Crippen LogP contribution in [0.15, 0.2) is 23.0 Å². The zero-order chi connectivity index (χ0) is 31.3. The van der Waals surface area contributed by atoms with Crippen LogP contribution in [0.25, 0.3) is 22.3 Å². The van der Waals surface area contributed by atoms with Crippen LogP contribution >= 0.6 is 0 Å². The molecule has 9 heteroatoms. The van der Waals surface area contributed by atoms with Crippen LogP contribution in [0.3, 0.4) is 0 Å². The number of Topliss-reactive ketones (excluding diaryl/α,β-unsaturated/α-hetero) is 1. The highest BCUT2D eigenvalue weighted by Gasteiger charge is 2.55. The molecule has 1 saturated heterocycles. The molecule has 1 aromatic carbocycles. The number of hydrogen-bond donors (Lipinski definition) is 1. The van der Waals surface area contributed by atoms with Crippen molar-refractivity contribution >= 4 is 22.7 Å². The summed E-state index contributed by atoms with van der Waals surface area (Å²) in [5.41, 5.74) is 4.22. The number of likely N-dealkylation sites (tertiary alicyclic amines) is 1. The van der Waals surface area contributed by atoms with E-state index in [4.69, 9.17) is 14.5 Å². The van der Waals surface area contributed by atoms with E-state index in [9.17, 15) is 19.5 Å². The molecule has 3 fully saturated rings. The van der Waals surface area contributed by atoms with Crippen molar-refractivity contribution in [3.63, 3.8) is 0 Å². The standard InChI is InChI=1S/C37H41N3O6/c1-2-37(27(36(43)44)18-39-11-10-20-6-3-4-7-22(20)16-39)26-14-29-34-25(17-40(29)35(42)23(26)13-32(37)41)33(21-8-5-9-21)24-12-30-31(46-19-45-30)15-28(24)38-34/h12,14-15,20-22,27H,2-11,13,16-19H2,1H3,(H,43,44)/t20-,22-,27?,37?/m1/s1. The zero-order valence-corrected chi connectivity index (χ0v) is 26.5. The molecule has 6 aliphatic rings. The molecule has 4 atom stereocenters. The molecule has 2 saturated carbocycles. The van der Waals surface area contributed by atoms with E-state index in [0.29, 0.717) is 53.9 Å². The Morgan fingerprint density at radius 1 is 1.02 bits per heavy atom. The number of carboxylic acid groups (broad SMARTS) is 1. The quantitative estimate of drug-likeness (QED) is 0.304. The van der Waals surface area contributed by atoms with Gasteiger partial charge in [0.1, 0.15) is 5.78 Å². The summed E-state index contributed by atoms with van der Waals surface area (Å²) in [6.45, 7) is 4.60. The number of piperidine rings is 1. The number of carboxylic acids is 1. The Hall–Kier alpha value is -3.72. The van der Waals surface area contributed by atoms with E-state index >= 15 is 0 Å². The molecule has 0 bridgehead atoms. The van der Waals surface area contributed by atoms with Crippen LogP contribution in [0, 0.1) is 17.8 Å². The van der Waals surface area contributed by atoms with Gasteiger partial charge in [0.2, 0.25) is 6.79 Å². The highest BCUT2D eigenvalue weighted by molar-refractivity contribution is 6.01. The van der Waals surface area contributed by atoms with E-state index < -0.39 is 17.3 Å². The van der Waals surface area contributed by atoms with Crippen molar-refractivity contribution in [2.75, 3.05) is 26.4 Å². The smallest absolute Gasteiger partial charge is 0.309 e. The number of aromatic nitrogens is 2. The molecule has 46 heavy (non-hydrogen) atoms. The molecule has 2 aromatic heterocycles. The number of aliphatic carboxylic acids is 1. The van der Waals surface area contributed by atoms with Gasteiger partial charge in [0.05, 0.1) is 34.8 Å². The number of hydrogen-bond acceptors (Lipinski definition) is 7. The molecule has 0 spiro atoms. The number of pyridine rings is 2. The summed E-state index contributed by atoms with van der Waals surface area (Å²) < 4.78 is 13.2. The predicted octanol–water partition coefficient (Wildman–Crippen LogP) is 5.41. The Bertz CT molecular complexity index is 1880. The van der Waals surface area contributed by atoms with Gasteiger partial charge in [-0.05, 0) is 79.7 Å². The molecule has 0 amide bonds. The van der Waals surface area contributed by atoms with Gasteiger partial charge >= 0.3 is 5.97 Å². The summed E-state index contributed by atoms with van der Waals surface area (Å²) >= 11 is 0. The number of ketones is 1. The largest absolute Gasteiger partial charge is 0.481 e. The number of rotatable bonds is 6. The van der Waals surface area contributed by atoms with Gasteiger partial charge in [-0.1, -0.05) is 32.6 Å². The predicted molar refractivity (Wildman–Crippen MR) is 172 cm³/mol. The van der Waals surface area contributed by atoms with Crippen molar-refractivity contribution in [1.29, 1.82) is 0 Å². The maximum atomic E-state index is 14.3. The van der Waals surface area contributed by atoms with E-state index in [1.807, 2.05) is 25.1 Å². The fourth-order valence-electron chi connectivity index (χ4n) is 10.1. The van der Waals surface area contributed by atoms with E-state index in [2.05, 4.69) is 4.90 Å². The topological polar surface area (TPSA) is 111 Å². The summed E-state index contributed by atoms with van der Waals surface area (Å²) in [5, 5.41) is 11.8. The third-order valence-electron chi connectivity index (χ3n) is 12.7. The Labute approximate surface area is 267 Å². The second-order valence-electron chi connectivity index (χ2n) is 14.7. The molecule has 3 aromatic rings. The van der Waals surface area contributed by atoms with E-state index in [-0.39, 0.29) is 24.6 Å². The van der Waals surface area contributed by atoms with Crippen molar-refractivity contribution in [2.24, 2.45) is 17.8 Å². The second kappa shape index (κ2) is 10.4. The van der Waals surface area contributed by atoms with E-state index in [1.165, 1.54) is 37.7 Å². The van der Waals surface area contributed by atoms with E-state index in [0.717, 1.165) is 66.2 Å². The number of nitrogens with zero attached hydrogens (tertiary/aromatic N) is 3. The van der Waals surface area contributed by atoms with Gasteiger partial charge in [-0.3, -0.25) is 14.4 Å². The Morgan fingerprint density at radius 3 is 2.54 bits per heavy atom. The first-order valence-corrected chi connectivity index (χ1v) is 17.4. The molecule has 3 aliphatic heterocycles. The summed E-state index contributed by atoms with van der Waals surface area (Å²) in [7, 11) is 0. The van der Waals surface area contributed by atoms with Crippen LogP contribution in [0.5, 0.6) is 11.5 Å². The maximum absolute atomic E-state index is 14.3. The molecule has 240 valence electrons. The zero-order valence-electron chi connectivity index (χ0n) is 26.5. The summed E-state index contributed by atoms with van der Waals surface area (Å²) in [4.78, 5) is 49.1. The number of benzene rings is 1. The highest BCUT2D eigenvalue weighted by Crippen LogP contribution is 2.51. The summed E-state index contributed by atoms with van der Waals surface area (Å²) in [5.74, 6) is 1.10. The van der Waals surface area contributed by atoms with Crippen LogP contribution in [0.1, 0.15) is 92.9 Å². The van der Waals surface area contributed by atoms with Crippen LogP contribution in [0.4, 0.5) is 0 Å². The fraction of sp³-hybridized carbons (Fsp3) is 0.568. The first kappa shape index (κ1) is 28.5. The van der Waals surface area contributed by atoms with Gasteiger partial charge in [-0.2, -0.15) is 0 Å². The average Bonchev–Trinajstić information content (AvgIpc) is 3.72. The molecule has 3 aliphatic carbocycles. The second-order valence-corrected chi connectivity index (χ2v) is 14.7. The van der Waals surface area contributed by atoms with Crippen LogP contribution in [0.2, 0.25) is 0 Å². The summed E-state index contributed by atoms with van der Waals surface area (Å²) in [6, 6.07) is 5.94. The number of carbonyl (C=O) groups excluding carboxylic acids is 1. The third-order valence-corrected chi connectivity index (χ3v) is 12.7. The fourth-order valence-corrected chi connectivity index (χ4v) is 10.1. The molecular formula is C37H41N3O6. The van der Waals surface area contributed by atoms with Crippen LogP contribution < -0.4 is 15.0 Å². The highest BCUT2D eigenvalue weighted by atomic mass is 16.7. The van der Waals surface area contributed by atoms with Crippen molar-refractivity contribution < 1.29 is 24.2 Å². The molecule has 1 N–H and O–H groups in total. The van der Waals surface area contributed by atoms with Gasteiger partial charge in [0.15, 0.2) is 11.5 Å². The molecule has 5 heterocycles. The lowest BCUT2D eigenvalue weighted by molar-refractivity contribution is -0.149. The lowest BCUT2D eigenvalue weighted by atomic mass is 9.67. The minimum absolute atomic E-state index is 0.0145. The Morgan fingerprint density at radius 2 is 1.80 bits per heavy atom. The van der Waals surface area contributed by atoms with Crippen molar-refractivity contribution in [3.8, 4) is 22.9 Å². The van der Waals surface area contributed by atoms with Gasteiger partial charge in [-0.15, -0.1) is 0 Å². The third kappa shape index (κ3) is 3.96. The molecule has 0 radical (unpaired) electrons. The Kier molecular flexibility index (Phi) is 6.44. The molecule has 9 rings (SSSR count). The van der Waals surface area contributed by atoms with Gasteiger partial charge in [0, 0.05) is 42.1 Å². The Balaban J connectivity index is 1.16. The molecular weight excluding hydrogens is 582 g/mol. The average molecular weight is 624 g/mol. The first-order valence-electron chi connectivity index (χ1n) is 17.4. The first-order chi connectivity index (χ1) is 22.4. The van der Waals surface area contributed by atoms with E-state index in [1.54, 1.807) is 4.57 Å². The van der Waals surface area contributed by atoms with Crippen molar-refractivity contribution in [2.45, 2.75) is 89.0 Å². The minimum Gasteiger partial charge on any atom is -0.481 e. The van der Waals surface area contributed by atoms with Crippen LogP contribution in [-0.4, -0.2) is 57.7 Å². The number of ether oxygens (including phenoxy) is 2. The molecule has 9 nitrogen and oxygen atoms in total. The minimum atomic E-state index is -1.25. The SMILES string of the molecule is CCC1(C(CN2CC[C@H]3CCCC[C@@H]3C2)C(=O)O)C(=O)Cc2c1cc1n(c2=O)Cc2c-1nc1cc3c(cc1c2C1CCC1)OCO3. The lowest BCUT2D eigenvalue weighted by Gasteiger charge is -2.44. The van der Waals surface area contributed by atoms with Gasteiger partial charge in [-0.25, -0.2) is 4.98 Å². The normalized spacial score (nSPS) is 27.2. The summed E-state index contributed by atoms with van der Waals surface area (Å²) in [6.07, 6.45) is 9.79. The monoisotopic (exact) mass is 623 g/mol. The number of carbonyl (C=O) groups is 2. The lowest BCUT2D eigenvalue weighted by Crippen LogP contribution is -2.52. The number of fused-ring (bicyclic) bond motifs is 7. The van der Waals surface area contributed by atoms with Gasteiger partial charge in [0.25, 0.3) is 5.56 Å². The van der Waals surface area contributed by atoms with Crippen molar-refractivity contribution in [3.05, 3.63) is 50.8 Å². The molecule has 2 unspecified atom stereocenters. The van der Waals surface area contributed by atoms with Crippen LogP contribution in [-0.2, 0) is 28.0 Å². The maximum Gasteiger partial charge on any atom is 0.309 e.